The van der Waals surface area contributed by atoms with Crippen molar-refractivity contribution in [1.82, 2.24) is 10.2 Å². The van der Waals surface area contributed by atoms with Gasteiger partial charge in [-0.05, 0) is 73.5 Å². The van der Waals surface area contributed by atoms with Crippen LogP contribution in [0.25, 0.3) is 0 Å². The summed E-state index contributed by atoms with van der Waals surface area (Å²) >= 11 is 9.52. The molecular formula is C33H33BrClN3O4S. The maximum atomic E-state index is 14.4. The van der Waals surface area contributed by atoms with Gasteiger partial charge in [0.25, 0.3) is 10.0 Å². The molecule has 43 heavy (non-hydrogen) atoms. The van der Waals surface area contributed by atoms with E-state index in [0.29, 0.717) is 10.7 Å². The number of halogens is 2. The van der Waals surface area contributed by atoms with Crippen molar-refractivity contribution in [1.29, 1.82) is 0 Å². The normalized spacial score (nSPS) is 12.0. The Morgan fingerprint density at radius 1 is 0.837 bits per heavy atom. The first-order chi connectivity index (χ1) is 20.5. The summed E-state index contributed by atoms with van der Waals surface area (Å²) in [4.78, 5) is 29.5. The molecule has 0 spiro atoms. The Hall–Kier alpha value is -3.66. The van der Waals surface area contributed by atoms with Gasteiger partial charge in [-0.25, -0.2) is 8.42 Å². The Labute approximate surface area is 266 Å². The van der Waals surface area contributed by atoms with Gasteiger partial charge in [-0.1, -0.05) is 88.2 Å². The molecule has 0 aliphatic carbocycles. The molecule has 7 nitrogen and oxygen atoms in total. The van der Waals surface area contributed by atoms with Crippen LogP contribution < -0.4 is 9.62 Å². The number of carbonyl (C=O) groups excluding carboxylic acids is 2. The molecular weight excluding hydrogens is 650 g/mol. The van der Waals surface area contributed by atoms with E-state index >= 15 is 0 Å². The number of nitrogens with one attached hydrogen (secondary N) is 1. The summed E-state index contributed by atoms with van der Waals surface area (Å²) in [7, 11) is -4.18. The van der Waals surface area contributed by atoms with Gasteiger partial charge >= 0.3 is 0 Å². The molecule has 0 aromatic heterocycles. The minimum absolute atomic E-state index is 0.00882. The molecule has 4 aromatic carbocycles. The van der Waals surface area contributed by atoms with Crippen molar-refractivity contribution in [3.63, 3.8) is 0 Å². The molecule has 0 aliphatic heterocycles. The van der Waals surface area contributed by atoms with Crippen LogP contribution in [0, 0.1) is 0 Å². The minimum atomic E-state index is -4.18. The van der Waals surface area contributed by atoms with Crippen molar-refractivity contribution < 1.29 is 18.0 Å². The predicted molar refractivity (Wildman–Crippen MR) is 174 cm³/mol. The SMILES string of the molecule is CC(C)NC(=O)[C@@H](Cc1ccccc1)N(Cc1cccc(Br)c1)C(=O)CN(c1ccccc1)S(=O)(=O)c1ccc(Cl)cc1. The molecule has 2 amide bonds. The fourth-order valence-electron chi connectivity index (χ4n) is 4.62. The summed E-state index contributed by atoms with van der Waals surface area (Å²) < 4.78 is 29.8. The quantitative estimate of drug-likeness (QED) is 0.186. The fraction of sp³-hybridized carbons (Fsp3) is 0.212. The number of benzene rings is 4. The van der Waals surface area contributed by atoms with Gasteiger partial charge in [0, 0.05) is 28.5 Å². The van der Waals surface area contributed by atoms with Crippen LogP contribution in [-0.4, -0.2) is 43.8 Å². The van der Waals surface area contributed by atoms with Crippen LogP contribution in [0.5, 0.6) is 0 Å². The minimum Gasteiger partial charge on any atom is -0.352 e. The molecule has 4 aromatic rings. The Morgan fingerprint density at radius 2 is 1.44 bits per heavy atom. The second kappa shape index (κ2) is 14.7. The van der Waals surface area contributed by atoms with Gasteiger partial charge in [-0.2, -0.15) is 0 Å². The number of hydrogen-bond donors (Lipinski definition) is 1. The number of anilines is 1. The van der Waals surface area contributed by atoms with Gasteiger partial charge in [0.2, 0.25) is 11.8 Å². The highest BCUT2D eigenvalue weighted by molar-refractivity contribution is 9.10. The lowest BCUT2D eigenvalue weighted by Gasteiger charge is -2.34. The van der Waals surface area contributed by atoms with Crippen molar-refractivity contribution in [2.24, 2.45) is 0 Å². The molecule has 4 rings (SSSR count). The van der Waals surface area contributed by atoms with Gasteiger partial charge in [-0.3, -0.25) is 13.9 Å². The van der Waals surface area contributed by atoms with Crippen LogP contribution in [0.4, 0.5) is 5.69 Å². The van der Waals surface area contributed by atoms with E-state index in [2.05, 4.69) is 21.2 Å². The van der Waals surface area contributed by atoms with Crippen LogP contribution >= 0.6 is 27.5 Å². The van der Waals surface area contributed by atoms with Gasteiger partial charge < -0.3 is 10.2 Å². The predicted octanol–water partition coefficient (Wildman–Crippen LogP) is 6.46. The van der Waals surface area contributed by atoms with Crippen LogP contribution in [-0.2, 0) is 32.6 Å². The summed E-state index contributed by atoms with van der Waals surface area (Å²) in [5, 5.41) is 3.35. The first-order valence-electron chi connectivity index (χ1n) is 13.8. The smallest absolute Gasteiger partial charge is 0.264 e. The Balaban J connectivity index is 1.79. The Morgan fingerprint density at radius 3 is 2.05 bits per heavy atom. The molecule has 0 aliphatic rings. The van der Waals surface area contributed by atoms with E-state index in [9.17, 15) is 18.0 Å². The summed E-state index contributed by atoms with van der Waals surface area (Å²) in [6, 6.07) is 30.1. The maximum absolute atomic E-state index is 14.4. The van der Waals surface area contributed by atoms with Gasteiger partial charge in [0.15, 0.2) is 0 Å². The van der Waals surface area contributed by atoms with Crippen molar-refractivity contribution >= 4 is 55.1 Å². The zero-order chi connectivity index (χ0) is 31.0. The van der Waals surface area contributed by atoms with Crippen LogP contribution in [0.1, 0.15) is 25.0 Å². The molecule has 0 unspecified atom stereocenters. The molecule has 10 heteroatoms. The van der Waals surface area contributed by atoms with Crippen LogP contribution in [0.15, 0.2) is 119 Å². The monoisotopic (exact) mass is 681 g/mol. The molecule has 0 fully saturated rings. The van der Waals surface area contributed by atoms with Gasteiger partial charge in [0.05, 0.1) is 10.6 Å². The summed E-state index contributed by atoms with van der Waals surface area (Å²) in [5.41, 5.74) is 1.97. The first kappa shape index (κ1) is 32.3. The van der Waals surface area contributed by atoms with E-state index in [1.165, 1.54) is 29.2 Å². The number of para-hydroxylation sites is 1. The summed E-state index contributed by atoms with van der Waals surface area (Å²) in [6.07, 6.45) is 0.244. The molecule has 0 radical (unpaired) electrons. The molecule has 1 N–H and O–H groups in total. The van der Waals surface area contributed by atoms with Crippen molar-refractivity contribution in [3.05, 3.63) is 130 Å². The van der Waals surface area contributed by atoms with E-state index < -0.39 is 28.5 Å². The maximum Gasteiger partial charge on any atom is 0.264 e. The van der Waals surface area contributed by atoms with Gasteiger partial charge in [-0.15, -0.1) is 0 Å². The fourth-order valence-corrected chi connectivity index (χ4v) is 6.61. The zero-order valence-corrected chi connectivity index (χ0v) is 27.0. The lowest BCUT2D eigenvalue weighted by Crippen LogP contribution is -2.54. The highest BCUT2D eigenvalue weighted by atomic mass is 79.9. The average molecular weight is 683 g/mol. The lowest BCUT2D eigenvalue weighted by molar-refractivity contribution is -0.140. The van der Waals surface area contributed by atoms with Gasteiger partial charge in [0.1, 0.15) is 12.6 Å². The molecule has 1 atom stereocenters. The van der Waals surface area contributed by atoms with Crippen molar-refractivity contribution in [2.75, 3.05) is 10.8 Å². The Bertz CT molecular complexity index is 1640. The summed E-state index contributed by atoms with van der Waals surface area (Å²) in [6.45, 7) is 3.27. The second-order valence-electron chi connectivity index (χ2n) is 10.3. The third kappa shape index (κ3) is 8.69. The first-order valence-corrected chi connectivity index (χ1v) is 16.4. The highest BCUT2D eigenvalue weighted by Crippen LogP contribution is 2.26. The second-order valence-corrected chi connectivity index (χ2v) is 13.5. The molecule has 224 valence electrons. The number of sulfonamides is 1. The molecule has 0 saturated heterocycles. The molecule has 0 bridgehead atoms. The number of carbonyl (C=O) groups is 2. The highest BCUT2D eigenvalue weighted by Gasteiger charge is 2.34. The largest absolute Gasteiger partial charge is 0.352 e. The third-order valence-electron chi connectivity index (χ3n) is 6.67. The van der Waals surface area contributed by atoms with E-state index in [1.807, 2.05) is 68.4 Å². The average Bonchev–Trinajstić information content (AvgIpc) is 2.98. The van der Waals surface area contributed by atoms with E-state index in [4.69, 9.17) is 11.6 Å². The van der Waals surface area contributed by atoms with Crippen LogP contribution in [0.2, 0.25) is 5.02 Å². The molecule has 0 saturated carbocycles. The lowest BCUT2D eigenvalue weighted by atomic mass is 10.0. The van der Waals surface area contributed by atoms with Crippen molar-refractivity contribution in [3.8, 4) is 0 Å². The van der Waals surface area contributed by atoms with Crippen LogP contribution in [0.3, 0.4) is 0 Å². The number of rotatable bonds is 12. The molecule has 0 heterocycles. The topological polar surface area (TPSA) is 86.8 Å². The summed E-state index contributed by atoms with van der Waals surface area (Å²) in [5.74, 6) is -0.852. The zero-order valence-electron chi connectivity index (χ0n) is 23.9. The number of hydrogen-bond acceptors (Lipinski definition) is 4. The van der Waals surface area contributed by atoms with E-state index in [1.54, 1.807) is 30.3 Å². The number of nitrogens with zero attached hydrogens (tertiary/aromatic N) is 2. The van der Waals surface area contributed by atoms with Crippen molar-refractivity contribution in [2.45, 2.75) is 43.8 Å². The van der Waals surface area contributed by atoms with E-state index in [-0.39, 0.29) is 29.8 Å². The van der Waals surface area contributed by atoms with E-state index in [0.717, 1.165) is 19.9 Å². The Kier molecular flexibility index (Phi) is 11.0. The number of amides is 2. The standard InChI is InChI=1S/C33H33BrClN3O4S/c1-24(2)36-33(40)31(21-25-10-5-3-6-11-25)37(22-26-12-9-13-27(34)20-26)32(39)23-38(29-14-7-4-8-15-29)43(41,42)30-18-16-28(35)17-19-30/h3-20,24,31H,21-23H2,1-2H3,(H,36,40)/t31-/m1/s1. The third-order valence-corrected chi connectivity index (χ3v) is 9.20.